The van der Waals surface area contributed by atoms with Gasteiger partial charge in [-0.3, -0.25) is 9.56 Å². The molecule has 0 amide bonds. The van der Waals surface area contributed by atoms with Crippen LogP contribution in [0.25, 0.3) is 5.82 Å². The van der Waals surface area contributed by atoms with Crippen LogP contribution in [0.1, 0.15) is 16.7 Å². The number of hydrogen-bond donors (Lipinski definition) is 2. The van der Waals surface area contributed by atoms with Crippen LogP contribution in [-0.4, -0.2) is 40.3 Å². The topological polar surface area (TPSA) is 76.4 Å². The molecule has 2 N–H and O–H groups in total. The maximum absolute atomic E-state index is 12.1. The molecule has 0 radical (unpaired) electrons. The molecular weight excluding hydrogens is 536 g/mol. The van der Waals surface area contributed by atoms with Gasteiger partial charge in [-0.2, -0.15) is 13.2 Å². The molecule has 0 saturated heterocycles. The number of hydrogen-bond acceptors (Lipinski definition) is 4. The van der Waals surface area contributed by atoms with E-state index in [1.54, 1.807) is 37.9 Å². The van der Waals surface area contributed by atoms with Crippen LogP contribution in [0.5, 0.6) is 0 Å². The van der Waals surface area contributed by atoms with E-state index in [2.05, 4.69) is 30.3 Å². The lowest BCUT2D eigenvalue weighted by Crippen LogP contribution is -2.36. The van der Waals surface area contributed by atoms with E-state index < -0.39 is 12.8 Å². The minimum atomic E-state index is -4.32. The molecule has 0 spiro atoms. The summed E-state index contributed by atoms with van der Waals surface area (Å²) >= 11 is 0. The molecule has 3 aromatic rings. The van der Waals surface area contributed by atoms with Crippen LogP contribution >= 0.6 is 24.0 Å². The van der Waals surface area contributed by atoms with E-state index in [4.69, 9.17) is 0 Å². The Kier molecular flexibility index (Phi) is 9.91. The molecule has 1 aromatic carbocycles. The first-order chi connectivity index (χ1) is 14.9. The van der Waals surface area contributed by atoms with Crippen LogP contribution < -0.4 is 10.6 Å². The summed E-state index contributed by atoms with van der Waals surface area (Å²) in [6.45, 7) is -0.262. The Labute approximate surface area is 201 Å². The fraction of sp³-hybridized carbons (Fsp3) is 0.286. The van der Waals surface area contributed by atoms with E-state index in [1.165, 1.54) is 0 Å². The largest absolute Gasteiger partial charge is 0.411 e. The van der Waals surface area contributed by atoms with Gasteiger partial charge < -0.3 is 15.4 Å². The summed E-state index contributed by atoms with van der Waals surface area (Å²) in [4.78, 5) is 12.6. The van der Waals surface area contributed by atoms with Gasteiger partial charge in [-0.15, -0.1) is 24.0 Å². The lowest BCUT2D eigenvalue weighted by Gasteiger charge is -2.13. The third-order valence-corrected chi connectivity index (χ3v) is 4.28. The molecule has 0 saturated carbocycles. The zero-order chi connectivity index (χ0) is 22.1. The Hall–Kier alpha value is -2.67. The van der Waals surface area contributed by atoms with Crippen molar-refractivity contribution in [2.45, 2.75) is 25.9 Å². The smallest absolute Gasteiger partial charge is 0.367 e. The Morgan fingerprint density at radius 1 is 1.03 bits per heavy atom. The third-order valence-electron chi connectivity index (χ3n) is 4.28. The van der Waals surface area contributed by atoms with Crippen molar-refractivity contribution in [3.05, 3.63) is 78.0 Å². The molecule has 0 unspecified atom stereocenters. The number of rotatable bonds is 8. The predicted molar refractivity (Wildman–Crippen MR) is 126 cm³/mol. The number of benzene rings is 1. The van der Waals surface area contributed by atoms with Gasteiger partial charge in [-0.1, -0.05) is 24.3 Å². The first kappa shape index (κ1) is 25.6. The van der Waals surface area contributed by atoms with Crippen molar-refractivity contribution in [1.29, 1.82) is 0 Å². The minimum Gasteiger partial charge on any atom is -0.367 e. The Balaban J connectivity index is 0.00000363. The highest BCUT2D eigenvalue weighted by Gasteiger charge is 2.27. The molecule has 172 valence electrons. The molecule has 0 fully saturated rings. The maximum atomic E-state index is 12.1. The van der Waals surface area contributed by atoms with Gasteiger partial charge >= 0.3 is 6.18 Å². The van der Waals surface area contributed by atoms with E-state index in [-0.39, 0.29) is 30.6 Å². The van der Waals surface area contributed by atoms with E-state index in [0.29, 0.717) is 24.6 Å². The van der Waals surface area contributed by atoms with Crippen molar-refractivity contribution in [2.75, 3.05) is 13.7 Å². The minimum absolute atomic E-state index is 0. The van der Waals surface area contributed by atoms with E-state index in [9.17, 15) is 13.2 Å². The summed E-state index contributed by atoms with van der Waals surface area (Å²) in [6, 6.07) is 11.1. The molecule has 11 heteroatoms. The fourth-order valence-corrected chi connectivity index (χ4v) is 2.74. The average molecular weight is 560 g/mol. The molecule has 32 heavy (non-hydrogen) atoms. The number of nitrogens with zero attached hydrogens (tertiary/aromatic N) is 4. The van der Waals surface area contributed by atoms with Crippen LogP contribution in [-0.2, 0) is 24.4 Å². The lowest BCUT2D eigenvalue weighted by atomic mass is 10.1. The highest BCUT2D eigenvalue weighted by molar-refractivity contribution is 14.0. The van der Waals surface area contributed by atoms with Crippen molar-refractivity contribution < 1.29 is 17.9 Å². The number of aliphatic imine (C=N–C) groups is 1. The van der Waals surface area contributed by atoms with E-state index in [1.807, 2.05) is 35.0 Å². The molecule has 0 aliphatic rings. The summed E-state index contributed by atoms with van der Waals surface area (Å²) in [7, 11) is 1.68. The van der Waals surface area contributed by atoms with Gasteiger partial charge in [0.15, 0.2) is 5.96 Å². The number of pyridine rings is 1. The highest BCUT2D eigenvalue weighted by atomic mass is 127. The van der Waals surface area contributed by atoms with Crippen molar-refractivity contribution in [1.82, 2.24) is 25.2 Å². The first-order valence-corrected chi connectivity index (χ1v) is 9.53. The van der Waals surface area contributed by atoms with Gasteiger partial charge in [-0.25, -0.2) is 9.97 Å². The Morgan fingerprint density at radius 3 is 2.34 bits per heavy atom. The molecule has 0 atom stereocenters. The monoisotopic (exact) mass is 560 g/mol. The van der Waals surface area contributed by atoms with Crippen LogP contribution in [0.3, 0.4) is 0 Å². The number of aromatic nitrogens is 3. The zero-order valence-corrected chi connectivity index (χ0v) is 19.7. The maximum Gasteiger partial charge on any atom is 0.411 e. The molecule has 0 aliphatic heterocycles. The number of ether oxygens (including phenoxy) is 1. The van der Waals surface area contributed by atoms with Crippen molar-refractivity contribution in [3.63, 3.8) is 0 Å². The second-order valence-electron chi connectivity index (χ2n) is 6.70. The van der Waals surface area contributed by atoms with Crippen LogP contribution in [0.4, 0.5) is 13.2 Å². The Bertz CT molecular complexity index is 978. The van der Waals surface area contributed by atoms with Gasteiger partial charge in [0.05, 0.1) is 6.61 Å². The van der Waals surface area contributed by atoms with Crippen LogP contribution in [0.2, 0.25) is 0 Å². The molecule has 7 nitrogen and oxygen atoms in total. The number of alkyl halides is 3. The van der Waals surface area contributed by atoms with Crippen molar-refractivity contribution >= 4 is 29.9 Å². The van der Waals surface area contributed by atoms with Gasteiger partial charge in [-0.05, 0) is 28.8 Å². The quantitative estimate of drug-likeness (QED) is 0.249. The molecule has 3 rings (SSSR count). The lowest BCUT2D eigenvalue weighted by molar-refractivity contribution is -0.176. The second kappa shape index (κ2) is 12.4. The fourth-order valence-electron chi connectivity index (χ4n) is 2.74. The standard InChI is InChI=1S/C21H23F3N6O.HI/c1-25-20(29-12-18-6-7-27-19(10-18)30-9-8-26-15-30)28-11-16-2-4-17(5-3-16)13-31-14-21(22,23)24;/h2-10,15H,11-14H2,1H3,(H2,25,28,29);1H. The molecule has 0 bridgehead atoms. The van der Waals surface area contributed by atoms with Crippen LogP contribution in [0, 0.1) is 0 Å². The van der Waals surface area contributed by atoms with E-state index >= 15 is 0 Å². The summed E-state index contributed by atoms with van der Waals surface area (Å²) in [5, 5.41) is 6.45. The molecule has 2 aromatic heterocycles. The van der Waals surface area contributed by atoms with Gasteiger partial charge in [0.25, 0.3) is 0 Å². The molecule has 2 heterocycles. The molecule has 0 aliphatic carbocycles. The SMILES string of the molecule is CN=C(NCc1ccc(COCC(F)(F)F)cc1)NCc1ccnc(-n2ccnc2)c1.I. The van der Waals surface area contributed by atoms with Crippen molar-refractivity contribution in [3.8, 4) is 5.82 Å². The molecular formula is C21H24F3IN6O. The zero-order valence-electron chi connectivity index (χ0n) is 17.3. The third kappa shape index (κ3) is 8.46. The van der Waals surface area contributed by atoms with Gasteiger partial charge in [0.2, 0.25) is 0 Å². The van der Waals surface area contributed by atoms with Crippen molar-refractivity contribution in [2.24, 2.45) is 4.99 Å². The van der Waals surface area contributed by atoms with Gasteiger partial charge in [0, 0.05) is 38.7 Å². The summed E-state index contributed by atoms with van der Waals surface area (Å²) < 4.78 is 42.9. The van der Waals surface area contributed by atoms with E-state index in [0.717, 1.165) is 16.9 Å². The van der Waals surface area contributed by atoms with Crippen LogP contribution in [0.15, 0.2) is 66.3 Å². The average Bonchev–Trinajstić information content (AvgIpc) is 3.29. The number of nitrogens with one attached hydrogen (secondary N) is 2. The number of guanidine groups is 1. The summed E-state index contributed by atoms with van der Waals surface area (Å²) in [5.41, 5.74) is 2.68. The normalized spacial score (nSPS) is 11.7. The number of halogens is 4. The highest BCUT2D eigenvalue weighted by Crippen LogP contribution is 2.16. The first-order valence-electron chi connectivity index (χ1n) is 9.53. The predicted octanol–water partition coefficient (Wildman–Crippen LogP) is 3.83. The summed E-state index contributed by atoms with van der Waals surface area (Å²) in [5.74, 6) is 1.40. The Morgan fingerprint density at radius 2 is 1.72 bits per heavy atom. The summed E-state index contributed by atoms with van der Waals surface area (Å²) in [6.07, 6.45) is 2.63. The second-order valence-corrected chi connectivity index (χ2v) is 6.70. The van der Waals surface area contributed by atoms with Gasteiger partial charge in [0.1, 0.15) is 18.8 Å². The number of imidazole rings is 1.